The van der Waals surface area contributed by atoms with Crippen molar-refractivity contribution >= 4 is 27.6 Å². The quantitative estimate of drug-likeness (QED) is 0.852. The Bertz CT molecular complexity index is 645. The van der Waals surface area contributed by atoms with E-state index < -0.39 is 17.3 Å². The van der Waals surface area contributed by atoms with Crippen molar-refractivity contribution < 1.29 is 14.3 Å². The van der Waals surface area contributed by atoms with Gasteiger partial charge in [-0.15, -0.1) is 0 Å². The summed E-state index contributed by atoms with van der Waals surface area (Å²) >= 11 is 3.34. The molecule has 2 aromatic rings. The van der Waals surface area contributed by atoms with E-state index in [0.29, 0.717) is 0 Å². The maximum absolute atomic E-state index is 13.7. The first-order chi connectivity index (χ1) is 9.90. The van der Waals surface area contributed by atoms with Gasteiger partial charge in [0.1, 0.15) is 11.4 Å². The van der Waals surface area contributed by atoms with E-state index in [4.69, 9.17) is 0 Å². The second kappa shape index (κ2) is 6.26. The van der Waals surface area contributed by atoms with Gasteiger partial charge in [0, 0.05) is 10.9 Å². The average molecular weight is 352 g/mol. The molecule has 0 saturated carbocycles. The molecular formula is C16H15BrFNO2. The number of benzene rings is 2. The van der Waals surface area contributed by atoms with Crippen LogP contribution in [0.15, 0.2) is 53.0 Å². The Labute approximate surface area is 130 Å². The summed E-state index contributed by atoms with van der Waals surface area (Å²) in [5.74, 6) is -1.51. The fourth-order valence-corrected chi connectivity index (χ4v) is 2.31. The highest BCUT2D eigenvalue weighted by molar-refractivity contribution is 9.10. The summed E-state index contributed by atoms with van der Waals surface area (Å²) in [6, 6.07) is 13.4. The maximum Gasteiger partial charge on any atom is 0.329 e. The summed E-state index contributed by atoms with van der Waals surface area (Å²) in [7, 11) is 0. The number of hydrogen-bond acceptors (Lipinski definition) is 2. The Morgan fingerprint density at radius 3 is 2.43 bits per heavy atom. The number of carbonyl (C=O) groups is 1. The van der Waals surface area contributed by atoms with Crippen LogP contribution in [0.4, 0.5) is 10.1 Å². The minimum absolute atomic E-state index is 0.180. The van der Waals surface area contributed by atoms with Crippen molar-refractivity contribution in [3.8, 4) is 0 Å². The molecule has 110 valence electrons. The van der Waals surface area contributed by atoms with E-state index in [1.807, 2.05) is 24.3 Å². The van der Waals surface area contributed by atoms with E-state index in [9.17, 15) is 14.3 Å². The number of halogens is 2. The van der Waals surface area contributed by atoms with Crippen LogP contribution in [0.2, 0.25) is 0 Å². The van der Waals surface area contributed by atoms with Crippen LogP contribution in [0, 0.1) is 5.82 Å². The third-order valence-electron chi connectivity index (χ3n) is 3.23. The van der Waals surface area contributed by atoms with Crippen molar-refractivity contribution in [1.29, 1.82) is 0 Å². The summed E-state index contributed by atoms with van der Waals surface area (Å²) in [5.41, 5.74) is -0.262. The molecule has 2 rings (SSSR count). The van der Waals surface area contributed by atoms with Gasteiger partial charge in [0.05, 0.1) is 5.69 Å². The van der Waals surface area contributed by atoms with Gasteiger partial charge >= 0.3 is 5.97 Å². The number of carboxylic acid groups (broad SMARTS) is 1. The van der Waals surface area contributed by atoms with Gasteiger partial charge in [0.2, 0.25) is 0 Å². The van der Waals surface area contributed by atoms with Crippen molar-refractivity contribution in [2.24, 2.45) is 0 Å². The normalized spacial score (nSPS) is 13.5. The van der Waals surface area contributed by atoms with E-state index in [1.165, 1.54) is 12.1 Å². The monoisotopic (exact) mass is 351 g/mol. The van der Waals surface area contributed by atoms with Crippen LogP contribution >= 0.6 is 15.9 Å². The van der Waals surface area contributed by atoms with Crippen LogP contribution in [-0.4, -0.2) is 16.6 Å². The molecule has 0 aromatic heterocycles. The number of anilines is 1. The number of hydrogen-bond donors (Lipinski definition) is 2. The molecule has 0 saturated heterocycles. The molecule has 0 spiro atoms. The second-order valence-corrected chi connectivity index (χ2v) is 5.96. The number of rotatable bonds is 5. The summed E-state index contributed by atoms with van der Waals surface area (Å²) in [6.07, 6.45) is 0.240. The van der Waals surface area contributed by atoms with Gasteiger partial charge in [-0.3, -0.25) is 0 Å². The van der Waals surface area contributed by atoms with Crippen LogP contribution in [-0.2, 0) is 11.2 Å². The largest absolute Gasteiger partial charge is 0.480 e. The van der Waals surface area contributed by atoms with Gasteiger partial charge in [-0.2, -0.15) is 0 Å². The minimum atomic E-state index is -1.30. The first-order valence-corrected chi connectivity index (χ1v) is 7.20. The maximum atomic E-state index is 13.7. The van der Waals surface area contributed by atoms with Gasteiger partial charge in [0.15, 0.2) is 0 Å². The highest BCUT2D eigenvalue weighted by Gasteiger charge is 2.33. The van der Waals surface area contributed by atoms with Crippen LogP contribution in [0.5, 0.6) is 0 Å². The van der Waals surface area contributed by atoms with E-state index >= 15 is 0 Å². The van der Waals surface area contributed by atoms with Crippen LogP contribution in [0.25, 0.3) is 0 Å². The molecule has 0 fully saturated rings. The predicted molar refractivity (Wildman–Crippen MR) is 83.9 cm³/mol. The lowest BCUT2D eigenvalue weighted by atomic mass is 9.92. The molecule has 2 N–H and O–H groups in total. The van der Waals surface area contributed by atoms with Crippen molar-refractivity contribution in [3.05, 3.63) is 64.4 Å². The molecule has 0 aliphatic heterocycles. The Balaban J connectivity index is 2.26. The molecule has 0 aliphatic rings. The Morgan fingerprint density at radius 2 is 1.86 bits per heavy atom. The van der Waals surface area contributed by atoms with Gasteiger partial charge < -0.3 is 10.4 Å². The predicted octanol–water partition coefficient (Wildman–Crippen LogP) is 4.09. The minimum Gasteiger partial charge on any atom is -0.480 e. The zero-order valence-corrected chi connectivity index (χ0v) is 13.0. The van der Waals surface area contributed by atoms with Crippen LogP contribution in [0.3, 0.4) is 0 Å². The van der Waals surface area contributed by atoms with Crippen molar-refractivity contribution in [1.82, 2.24) is 0 Å². The van der Waals surface area contributed by atoms with Gasteiger partial charge in [-0.1, -0.05) is 40.2 Å². The SMILES string of the molecule is CC(Cc1ccc(Br)cc1)(Nc1ccccc1F)C(=O)O. The molecule has 1 atom stereocenters. The molecular weight excluding hydrogens is 337 g/mol. The van der Waals surface area contributed by atoms with Crippen LogP contribution in [0.1, 0.15) is 12.5 Å². The lowest BCUT2D eigenvalue weighted by Crippen LogP contribution is -2.45. The van der Waals surface area contributed by atoms with Gasteiger partial charge in [-0.25, -0.2) is 9.18 Å². The van der Waals surface area contributed by atoms with E-state index in [2.05, 4.69) is 21.2 Å². The lowest BCUT2D eigenvalue weighted by Gasteiger charge is -2.28. The fraction of sp³-hybridized carbons (Fsp3) is 0.188. The number of aliphatic carboxylic acids is 1. The van der Waals surface area contributed by atoms with Crippen molar-refractivity contribution in [2.45, 2.75) is 18.9 Å². The van der Waals surface area contributed by atoms with Gasteiger partial charge in [0.25, 0.3) is 0 Å². The summed E-state index contributed by atoms with van der Waals surface area (Å²) < 4.78 is 14.6. The van der Waals surface area contributed by atoms with Gasteiger partial charge in [-0.05, 0) is 36.8 Å². The Morgan fingerprint density at radius 1 is 1.24 bits per heavy atom. The molecule has 0 amide bonds. The molecule has 0 bridgehead atoms. The highest BCUT2D eigenvalue weighted by Crippen LogP contribution is 2.23. The molecule has 1 unspecified atom stereocenters. The third-order valence-corrected chi connectivity index (χ3v) is 3.76. The zero-order chi connectivity index (χ0) is 15.5. The lowest BCUT2D eigenvalue weighted by molar-refractivity contribution is -0.141. The van der Waals surface area contributed by atoms with E-state index in [1.54, 1.807) is 19.1 Å². The average Bonchev–Trinajstić information content (AvgIpc) is 2.44. The van der Waals surface area contributed by atoms with Crippen molar-refractivity contribution in [3.63, 3.8) is 0 Å². The summed E-state index contributed by atoms with van der Waals surface area (Å²) in [5, 5.41) is 12.3. The standard InChI is InChI=1S/C16H15BrFNO2/c1-16(15(20)21,10-11-6-8-12(17)9-7-11)19-14-5-3-2-4-13(14)18/h2-9,19H,10H2,1H3,(H,20,21). The number of nitrogens with one attached hydrogen (secondary N) is 1. The molecule has 0 heterocycles. The summed E-state index contributed by atoms with van der Waals surface area (Å²) in [4.78, 5) is 11.6. The van der Waals surface area contributed by atoms with E-state index in [-0.39, 0.29) is 12.1 Å². The molecule has 2 aromatic carbocycles. The smallest absolute Gasteiger partial charge is 0.329 e. The Hall–Kier alpha value is -1.88. The fourth-order valence-electron chi connectivity index (χ4n) is 2.04. The first-order valence-electron chi connectivity index (χ1n) is 6.41. The first kappa shape index (κ1) is 15.5. The van der Waals surface area contributed by atoms with Crippen LogP contribution < -0.4 is 5.32 Å². The van der Waals surface area contributed by atoms with Crippen molar-refractivity contribution in [2.75, 3.05) is 5.32 Å². The molecule has 3 nitrogen and oxygen atoms in total. The third kappa shape index (κ3) is 3.82. The molecule has 0 aliphatic carbocycles. The topological polar surface area (TPSA) is 49.3 Å². The molecule has 0 radical (unpaired) electrons. The second-order valence-electron chi connectivity index (χ2n) is 5.05. The number of para-hydroxylation sites is 1. The highest BCUT2D eigenvalue weighted by atomic mass is 79.9. The van der Waals surface area contributed by atoms with E-state index in [0.717, 1.165) is 10.0 Å². The molecule has 21 heavy (non-hydrogen) atoms. The zero-order valence-electron chi connectivity index (χ0n) is 11.4. The molecule has 5 heteroatoms. The number of carboxylic acids is 1. The summed E-state index contributed by atoms with van der Waals surface area (Å²) in [6.45, 7) is 1.55. The Kier molecular flexibility index (Phi) is 4.63.